The van der Waals surface area contributed by atoms with Gasteiger partial charge in [0.25, 0.3) is 0 Å². The summed E-state index contributed by atoms with van der Waals surface area (Å²) in [6.07, 6.45) is 0. The van der Waals surface area contributed by atoms with Crippen molar-refractivity contribution in [2.24, 2.45) is 4.99 Å². The van der Waals surface area contributed by atoms with Crippen LogP contribution >= 0.6 is 0 Å². The highest BCUT2D eigenvalue weighted by Gasteiger charge is 2.01. The molecule has 0 aromatic heterocycles. The number of aliphatic imine (C=N–C) groups is 1. The van der Waals surface area contributed by atoms with Crippen molar-refractivity contribution < 1.29 is 9.13 Å². The first-order valence-corrected chi connectivity index (χ1v) is 4.91. The topological polar surface area (TPSA) is 45.7 Å². The molecule has 5 heteroatoms. The molecule has 0 heterocycles. The first kappa shape index (κ1) is 12.3. The van der Waals surface area contributed by atoms with Gasteiger partial charge in [-0.15, -0.1) is 0 Å². The van der Waals surface area contributed by atoms with Gasteiger partial charge in [-0.05, 0) is 17.7 Å². The second-order valence-electron chi connectivity index (χ2n) is 3.18. The van der Waals surface area contributed by atoms with Gasteiger partial charge in [0, 0.05) is 26.7 Å². The summed E-state index contributed by atoms with van der Waals surface area (Å²) < 4.78 is 18.1. The molecular weight excluding hydrogens is 209 g/mol. The van der Waals surface area contributed by atoms with Gasteiger partial charge in [0.1, 0.15) is 11.6 Å². The van der Waals surface area contributed by atoms with Crippen LogP contribution in [0.1, 0.15) is 5.56 Å². The molecule has 0 spiro atoms. The van der Waals surface area contributed by atoms with Crippen molar-refractivity contribution in [3.63, 3.8) is 0 Å². The molecule has 2 N–H and O–H groups in total. The molecule has 0 aliphatic carbocycles. The van der Waals surface area contributed by atoms with E-state index in [1.807, 2.05) is 0 Å². The number of halogens is 1. The summed E-state index contributed by atoms with van der Waals surface area (Å²) in [5, 5.41) is 5.91. The first-order chi connectivity index (χ1) is 7.69. The normalized spacial score (nSPS) is 11.1. The summed E-state index contributed by atoms with van der Waals surface area (Å²) in [7, 11) is 4.95. The quantitative estimate of drug-likeness (QED) is 0.598. The number of nitrogens with zero attached hydrogens (tertiary/aromatic N) is 1. The van der Waals surface area contributed by atoms with Gasteiger partial charge in [-0.2, -0.15) is 0 Å². The Bertz CT molecular complexity index is 379. The highest BCUT2D eigenvalue weighted by atomic mass is 19.1. The van der Waals surface area contributed by atoms with Gasteiger partial charge in [-0.3, -0.25) is 4.99 Å². The number of methoxy groups -OCH3 is 1. The average molecular weight is 225 g/mol. The molecule has 0 amide bonds. The van der Waals surface area contributed by atoms with Crippen LogP contribution in [0, 0.1) is 5.82 Å². The smallest absolute Gasteiger partial charge is 0.190 e. The largest absolute Gasteiger partial charge is 0.497 e. The van der Waals surface area contributed by atoms with Crippen LogP contribution in [0.3, 0.4) is 0 Å². The Morgan fingerprint density at radius 2 is 2.19 bits per heavy atom. The maximum atomic E-state index is 13.1. The lowest BCUT2D eigenvalue weighted by Gasteiger charge is -2.09. The number of hydrogen-bond acceptors (Lipinski definition) is 2. The van der Waals surface area contributed by atoms with E-state index in [2.05, 4.69) is 15.6 Å². The van der Waals surface area contributed by atoms with Gasteiger partial charge in [0.05, 0.1) is 7.11 Å². The molecule has 0 aliphatic rings. The van der Waals surface area contributed by atoms with Crippen LogP contribution in [0.25, 0.3) is 0 Å². The van der Waals surface area contributed by atoms with E-state index in [0.29, 0.717) is 18.3 Å². The summed E-state index contributed by atoms with van der Waals surface area (Å²) in [4.78, 5) is 3.96. The van der Waals surface area contributed by atoms with E-state index in [-0.39, 0.29) is 5.82 Å². The summed E-state index contributed by atoms with van der Waals surface area (Å²) in [6.45, 7) is 0.488. The molecule has 0 radical (unpaired) electrons. The van der Waals surface area contributed by atoms with Gasteiger partial charge < -0.3 is 15.4 Å². The molecule has 4 nitrogen and oxygen atoms in total. The minimum absolute atomic E-state index is 0.310. The van der Waals surface area contributed by atoms with Crippen LogP contribution in [-0.4, -0.2) is 27.2 Å². The van der Waals surface area contributed by atoms with E-state index in [0.717, 1.165) is 5.56 Å². The lowest BCUT2D eigenvalue weighted by atomic mass is 10.2. The lowest BCUT2D eigenvalue weighted by Crippen LogP contribution is -2.34. The molecule has 0 bridgehead atoms. The molecule has 1 aromatic carbocycles. The van der Waals surface area contributed by atoms with E-state index in [4.69, 9.17) is 4.74 Å². The Balaban J connectivity index is 2.70. The van der Waals surface area contributed by atoms with Crippen LogP contribution in [0.5, 0.6) is 5.75 Å². The van der Waals surface area contributed by atoms with Crippen molar-refractivity contribution in [3.8, 4) is 5.75 Å². The Kier molecular flexibility index (Phi) is 4.57. The van der Waals surface area contributed by atoms with Gasteiger partial charge in [-0.1, -0.05) is 0 Å². The van der Waals surface area contributed by atoms with Gasteiger partial charge in [0.15, 0.2) is 5.96 Å². The van der Waals surface area contributed by atoms with Crippen LogP contribution in [0.4, 0.5) is 4.39 Å². The number of nitrogens with one attached hydrogen (secondary N) is 2. The SMILES string of the molecule is CN=C(NC)NCc1cc(F)cc(OC)c1. The van der Waals surface area contributed by atoms with Gasteiger partial charge >= 0.3 is 0 Å². The Hall–Kier alpha value is -1.78. The van der Waals surface area contributed by atoms with Crippen LogP contribution in [-0.2, 0) is 6.54 Å². The molecule has 1 aromatic rings. The predicted molar refractivity (Wildman–Crippen MR) is 62.2 cm³/mol. The fourth-order valence-electron chi connectivity index (χ4n) is 1.31. The molecule has 0 saturated heterocycles. The Labute approximate surface area is 94.5 Å². The summed E-state index contributed by atoms with van der Waals surface area (Å²) in [5.41, 5.74) is 0.799. The fraction of sp³-hybridized carbons (Fsp3) is 0.364. The molecule has 0 aliphatic heterocycles. The maximum Gasteiger partial charge on any atom is 0.190 e. The molecule has 0 fully saturated rings. The van der Waals surface area contributed by atoms with Gasteiger partial charge in [-0.25, -0.2) is 4.39 Å². The number of rotatable bonds is 3. The summed E-state index contributed by atoms with van der Waals surface area (Å²) in [5.74, 6) is 0.857. The molecule has 88 valence electrons. The van der Waals surface area contributed by atoms with Crippen LogP contribution < -0.4 is 15.4 Å². The number of ether oxygens (including phenoxy) is 1. The van der Waals surface area contributed by atoms with Crippen molar-refractivity contribution >= 4 is 5.96 Å². The van der Waals surface area contributed by atoms with Crippen molar-refractivity contribution in [2.45, 2.75) is 6.54 Å². The van der Waals surface area contributed by atoms with E-state index in [1.54, 1.807) is 20.2 Å². The molecule has 16 heavy (non-hydrogen) atoms. The van der Waals surface area contributed by atoms with Crippen molar-refractivity contribution in [1.82, 2.24) is 10.6 Å². The van der Waals surface area contributed by atoms with Gasteiger partial charge in [0.2, 0.25) is 0 Å². The minimum Gasteiger partial charge on any atom is -0.497 e. The summed E-state index contributed by atoms with van der Waals surface area (Å²) >= 11 is 0. The second-order valence-corrected chi connectivity index (χ2v) is 3.18. The third-order valence-electron chi connectivity index (χ3n) is 2.09. The van der Waals surface area contributed by atoms with Crippen LogP contribution in [0.2, 0.25) is 0 Å². The molecule has 0 unspecified atom stereocenters. The van der Waals surface area contributed by atoms with Crippen LogP contribution in [0.15, 0.2) is 23.2 Å². The monoisotopic (exact) mass is 225 g/mol. The van der Waals surface area contributed by atoms with E-state index < -0.39 is 0 Å². The molecule has 0 atom stereocenters. The average Bonchev–Trinajstić information content (AvgIpc) is 2.29. The third-order valence-corrected chi connectivity index (χ3v) is 2.09. The van der Waals surface area contributed by atoms with Crippen molar-refractivity contribution in [1.29, 1.82) is 0 Å². The number of benzene rings is 1. The maximum absolute atomic E-state index is 13.1. The minimum atomic E-state index is -0.310. The zero-order chi connectivity index (χ0) is 12.0. The zero-order valence-corrected chi connectivity index (χ0v) is 9.67. The summed E-state index contributed by atoms with van der Waals surface area (Å²) in [6, 6.07) is 4.58. The van der Waals surface area contributed by atoms with E-state index >= 15 is 0 Å². The highest BCUT2D eigenvalue weighted by molar-refractivity contribution is 5.79. The zero-order valence-electron chi connectivity index (χ0n) is 9.67. The van der Waals surface area contributed by atoms with E-state index in [9.17, 15) is 4.39 Å². The lowest BCUT2D eigenvalue weighted by molar-refractivity contribution is 0.410. The standard InChI is InChI=1S/C11H16FN3O/c1-13-11(14-2)15-7-8-4-9(12)6-10(5-8)16-3/h4-6H,7H2,1-3H3,(H2,13,14,15). The molecule has 1 rings (SSSR count). The number of guanidine groups is 1. The Morgan fingerprint density at radius 3 is 2.75 bits per heavy atom. The van der Waals surface area contributed by atoms with Crippen molar-refractivity contribution in [3.05, 3.63) is 29.6 Å². The third kappa shape index (κ3) is 3.42. The molecular formula is C11H16FN3O. The second kappa shape index (κ2) is 5.95. The molecule has 0 saturated carbocycles. The van der Waals surface area contributed by atoms with Crippen molar-refractivity contribution in [2.75, 3.05) is 21.2 Å². The number of hydrogen-bond donors (Lipinski definition) is 2. The predicted octanol–water partition coefficient (Wildman–Crippen LogP) is 1.13. The highest BCUT2D eigenvalue weighted by Crippen LogP contribution is 2.15. The Morgan fingerprint density at radius 1 is 1.44 bits per heavy atom. The fourth-order valence-corrected chi connectivity index (χ4v) is 1.31. The van der Waals surface area contributed by atoms with E-state index in [1.165, 1.54) is 19.2 Å². The first-order valence-electron chi connectivity index (χ1n) is 4.91.